The zero-order chi connectivity index (χ0) is 22.1. The first-order valence-corrected chi connectivity index (χ1v) is 11.8. The number of nitrogens with zero attached hydrogens (tertiary/aromatic N) is 1. The lowest BCUT2D eigenvalue weighted by Gasteiger charge is -2.32. The van der Waals surface area contributed by atoms with E-state index in [0.717, 1.165) is 42.6 Å². The van der Waals surface area contributed by atoms with Gasteiger partial charge in [0.25, 0.3) is 0 Å². The Hall–Kier alpha value is -1.96. The molecule has 31 heavy (non-hydrogen) atoms. The summed E-state index contributed by atoms with van der Waals surface area (Å²) < 4.78 is 40.9. The SMILES string of the molecule is N#C/C=C/CCC1CCC(CCC2CCC(c3ccc(OC(F)(F)F)cc3)CC2)CC1. The smallest absolute Gasteiger partial charge is 0.406 e. The van der Waals surface area contributed by atoms with Crippen LogP contribution in [0.4, 0.5) is 13.2 Å². The van der Waals surface area contributed by atoms with Crippen molar-refractivity contribution >= 4 is 0 Å². The van der Waals surface area contributed by atoms with E-state index in [0.29, 0.717) is 5.92 Å². The molecule has 0 saturated heterocycles. The molecule has 2 nitrogen and oxygen atoms in total. The highest BCUT2D eigenvalue weighted by Crippen LogP contribution is 2.40. The maximum atomic E-state index is 12.3. The molecule has 5 heteroatoms. The molecule has 0 amide bonds. The Labute approximate surface area is 184 Å². The van der Waals surface area contributed by atoms with Gasteiger partial charge in [0.1, 0.15) is 5.75 Å². The first-order valence-electron chi connectivity index (χ1n) is 11.8. The minimum absolute atomic E-state index is 0.140. The van der Waals surface area contributed by atoms with Crippen LogP contribution in [0.3, 0.4) is 0 Å². The van der Waals surface area contributed by atoms with E-state index in [2.05, 4.69) is 10.8 Å². The summed E-state index contributed by atoms with van der Waals surface area (Å²) in [4.78, 5) is 0. The molecule has 3 rings (SSSR count). The summed E-state index contributed by atoms with van der Waals surface area (Å²) in [6, 6.07) is 8.51. The summed E-state index contributed by atoms with van der Waals surface area (Å²) in [6.07, 6.45) is 14.0. The average molecular weight is 434 g/mol. The van der Waals surface area contributed by atoms with Crippen molar-refractivity contribution in [3.8, 4) is 11.8 Å². The molecule has 0 N–H and O–H groups in total. The molecule has 2 aliphatic carbocycles. The lowest BCUT2D eigenvalue weighted by molar-refractivity contribution is -0.274. The minimum Gasteiger partial charge on any atom is -0.406 e. The monoisotopic (exact) mass is 433 g/mol. The summed E-state index contributed by atoms with van der Waals surface area (Å²) in [6.45, 7) is 0. The van der Waals surface area contributed by atoms with Crippen LogP contribution < -0.4 is 4.74 Å². The van der Waals surface area contributed by atoms with Crippen LogP contribution in [0.1, 0.15) is 88.5 Å². The average Bonchev–Trinajstić information content (AvgIpc) is 2.76. The molecule has 0 heterocycles. The number of rotatable bonds is 8. The lowest BCUT2D eigenvalue weighted by atomic mass is 9.74. The standard InChI is InChI=1S/C26H34F3NO/c27-26(28,29)31-25-17-15-24(16-18-25)23-13-11-22(12-14-23)10-9-21-7-5-20(6-8-21)4-2-1-3-19-30/h1,3,15-18,20-23H,2,4-14H2/b3-1+. The van der Waals surface area contributed by atoms with E-state index >= 15 is 0 Å². The van der Waals surface area contributed by atoms with Gasteiger partial charge >= 0.3 is 6.36 Å². The zero-order valence-corrected chi connectivity index (χ0v) is 18.2. The Kier molecular flexibility index (Phi) is 8.87. The van der Waals surface area contributed by atoms with Gasteiger partial charge in [-0.1, -0.05) is 56.7 Å². The number of hydrogen-bond donors (Lipinski definition) is 0. The summed E-state index contributed by atoms with van der Waals surface area (Å²) >= 11 is 0. The second-order valence-corrected chi connectivity index (χ2v) is 9.41. The molecule has 1 aromatic carbocycles. The molecule has 0 bridgehead atoms. The molecule has 0 spiro atoms. The van der Waals surface area contributed by atoms with Crippen LogP contribution in [0.5, 0.6) is 5.75 Å². The quantitative estimate of drug-likeness (QED) is 0.386. The van der Waals surface area contributed by atoms with Gasteiger partial charge in [-0.05, 0) is 79.9 Å². The van der Waals surface area contributed by atoms with E-state index < -0.39 is 6.36 Å². The molecule has 2 fully saturated rings. The Balaban J connectivity index is 1.32. The number of nitriles is 1. The van der Waals surface area contributed by atoms with Crippen molar-refractivity contribution in [2.45, 2.75) is 89.3 Å². The Morgan fingerprint density at radius 2 is 1.35 bits per heavy atom. The van der Waals surface area contributed by atoms with Crippen LogP contribution in [-0.4, -0.2) is 6.36 Å². The van der Waals surface area contributed by atoms with Crippen molar-refractivity contribution in [1.82, 2.24) is 0 Å². The van der Waals surface area contributed by atoms with Crippen molar-refractivity contribution in [3.05, 3.63) is 42.0 Å². The van der Waals surface area contributed by atoms with Crippen LogP contribution in [0.25, 0.3) is 0 Å². The van der Waals surface area contributed by atoms with Crippen molar-refractivity contribution < 1.29 is 17.9 Å². The summed E-state index contributed by atoms with van der Waals surface area (Å²) in [5.74, 6) is 2.84. The van der Waals surface area contributed by atoms with E-state index in [-0.39, 0.29) is 5.75 Å². The molecule has 0 aliphatic heterocycles. The van der Waals surface area contributed by atoms with Gasteiger partial charge in [0.15, 0.2) is 0 Å². The maximum absolute atomic E-state index is 12.3. The Morgan fingerprint density at radius 3 is 1.87 bits per heavy atom. The topological polar surface area (TPSA) is 33.0 Å². The number of halogens is 3. The molecular weight excluding hydrogens is 399 g/mol. The van der Waals surface area contributed by atoms with Gasteiger partial charge in [-0.3, -0.25) is 0 Å². The molecule has 170 valence electrons. The number of hydrogen-bond acceptors (Lipinski definition) is 2. The van der Waals surface area contributed by atoms with E-state index in [1.807, 2.05) is 6.08 Å². The molecule has 0 atom stereocenters. The van der Waals surface area contributed by atoms with Crippen molar-refractivity contribution in [2.75, 3.05) is 0 Å². The fourth-order valence-corrected chi connectivity index (χ4v) is 5.47. The largest absolute Gasteiger partial charge is 0.573 e. The molecule has 2 saturated carbocycles. The fourth-order valence-electron chi connectivity index (χ4n) is 5.47. The van der Waals surface area contributed by atoms with E-state index in [1.165, 1.54) is 69.9 Å². The number of ether oxygens (including phenoxy) is 1. The van der Waals surface area contributed by atoms with Crippen LogP contribution in [0, 0.1) is 29.1 Å². The third-order valence-corrected chi connectivity index (χ3v) is 7.32. The van der Waals surface area contributed by atoms with Crippen LogP contribution in [-0.2, 0) is 0 Å². The second-order valence-electron chi connectivity index (χ2n) is 9.41. The summed E-state index contributed by atoms with van der Waals surface area (Å²) in [7, 11) is 0. The van der Waals surface area contributed by atoms with Gasteiger partial charge in [-0.25, -0.2) is 0 Å². The van der Waals surface area contributed by atoms with Crippen LogP contribution in [0.15, 0.2) is 36.4 Å². The predicted molar refractivity (Wildman–Crippen MR) is 116 cm³/mol. The minimum atomic E-state index is -4.63. The van der Waals surface area contributed by atoms with Crippen LogP contribution >= 0.6 is 0 Å². The van der Waals surface area contributed by atoms with Gasteiger partial charge in [0.2, 0.25) is 0 Å². The number of alkyl halides is 3. The van der Waals surface area contributed by atoms with Crippen molar-refractivity contribution in [2.24, 2.45) is 17.8 Å². The van der Waals surface area contributed by atoms with Gasteiger partial charge in [0.05, 0.1) is 6.07 Å². The van der Waals surface area contributed by atoms with Gasteiger partial charge < -0.3 is 4.74 Å². The van der Waals surface area contributed by atoms with Crippen molar-refractivity contribution in [3.63, 3.8) is 0 Å². The molecule has 0 unspecified atom stereocenters. The van der Waals surface area contributed by atoms with Crippen molar-refractivity contribution in [1.29, 1.82) is 5.26 Å². The molecule has 1 aromatic rings. The third kappa shape index (κ3) is 8.24. The lowest BCUT2D eigenvalue weighted by Crippen LogP contribution is -2.18. The van der Waals surface area contributed by atoms with Gasteiger partial charge in [-0.2, -0.15) is 5.26 Å². The molecule has 2 aliphatic rings. The fraction of sp³-hybridized carbons (Fsp3) is 0.654. The highest BCUT2D eigenvalue weighted by Gasteiger charge is 2.31. The predicted octanol–water partition coefficient (Wildman–Crippen LogP) is 8.31. The van der Waals surface area contributed by atoms with Gasteiger partial charge in [0, 0.05) is 6.08 Å². The first kappa shape index (κ1) is 23.7. The Bertz CT molecular complexity index is 719. The normalized spacial score (nSPS) is 27.2. The van der Waals surface area contributed by atoms with E-state index in [1.54, 1.807) is 18.2 Å². The van der Waals surface area contributed by atoms with Crippen LogP contribution in [0.2, 0.25) is 0 Å². The molecular formula is C26H34F3NO. The molecule has 0 radical (unpaired) electrons. The van der Waals surface area contributed by atoms with E-state index in [4.69, 9.17) is 5.26 Å². The molecule has 0 aromatic heterocycles. The summed E-state index contributed by atoms with van der Waals surface area (Å²) in [5.41, 5.74) is 1.14. The van der Waals surface area contributed by atoms with Gasteiger partial charge in [-0.15, -0.1) is 13.2 Å². The highest BCUT2D eigenvalue weighted by molar-refractivity contribution is 5.29. The number of benzene rings is 1. The zero-order valence-electron chi connectivity index (χ0n) is 18.2. The third-order valence-electron chi connectivity index (χ3n) is 7.32. The van der Waals surface area contributed by atoms with E-state index in [9.17, 15) is 13.2 Å². The maximum Gasteiger partial charge on any atom is 0.573 e. The Morgan fingerprint density at radius 1 is 0.839 bits per heavy atom. The first-order chi connectivity index (χ1) is 14.9. The number of allylic oxidation sites excluding steroid dienone is 2. The second kappa shape index (κ2) is 11.6. The highest BCUT2D eigenvalue weighted by atomic mass is 19.4. The summed E-state index contributed by atoms with van der Waals surface area (Å²) in [5, 5.41) is 8.55.